The summed E-state index contributed by atoms with van der Waals surface area (Å²) < 4.78 is 5.80. The van der Waals surface area contributed by atoms with Crippen molar-refractivity contribution in [1.29, 1.82) is 0 Å². The van der Waals surface area contributed by atoms with Gasteiger partial charge in [-0.3, -0.25) is 0 Å². The minimum atomic E-state index is -0.233. The molecule has 2 heteroatoms. The van der Waals surface area contributed by atoms with Crippen molar-refractivity contribution in [3.05, 3.63) is 29.8 Å². The lowest BCUT2D eigenvalue weighted by atomic mass is 9.98. The van der Waals surface area contributed by atoms with Crippen molar-refractivity contribution in [2.75, 3.05) is 6.61 Å². The van der Waals surface area contributed by atoms with E-state index in [4.69, 9.17) is 4.74 Å². The van der Waals surface area contributed by atoms with Gasteiger partial charge in [0.05, 0.1) is 12.7 Å². The van der Waals surface area contributed by atoms with Gasteiger partial charge in [-0.25, -0.2) is 0 Å². The average molecular weight is 236 g/mol. The molecule has 0 amide bonds. The second-order valence-electron chi connectivity index (χ2n) is 4.69. The van der Waals surface area contributed by atoms with E-state index in [0.717, 1.165) is 25.0 Å². The summed E-state index contributed by atoms with van der Waals surface area (Å²) in [5, 5.41) is 9.17. The van der Waals surface area contributed by atoms with Gasteiger partial charge in [0.15, 0.2) is 0 Å². The molecule has 1 rings (SSSR count). The molecule has 2 atom stereocenters. The standard InChI is InChI=1S/C15H24O2/c1-4-12(2)14-9-5-6-10-15(14)17-11-7-8-13(3)16/h5-6,9-10,12-13,16H,4,7-8,11H2,1-3H3. The molecule has 0 radical (unpaired) electrons. The second kappa shape index (κ2) is 7.33. The molecule has 2 nitrogen and oxygen atoms in total. The normalized spacial score (nSPS) is 14.4. The molecule has 0 fully saturated rings. The van der Waals surface area contributed by atoms with Gasteiger partial charge in [0.2, 0.25) is 0 Å². The summed E-state index contributed by atoms with van der Waals surface area (Å²) in [5.41, 5.74) is 1.28. The van der Waals surface area contributed by atoms with E-state index in [-0.39, 0.29) is 6.10 Å². The third-order valence-corrected chi connectivity index (χ3v) is 3.09. The Kier molecular flexibility index (Phi) is 6.06. The number of ether oxygens (including phenoxy) is 1. The lowest BCUT2D eigenvalue weighted by molar-refractivity contribution is 0.170. The van der Waals surface area contributed by atoms with E-state index in [1.165, 1.54) is 5.56 Å². The highest BCUT2D eigenvalue weighted by Gasteiger charge is 2.09. The summed E-state index contributed by atoms with van der Waals surface area (Å²) in [6.45, 7) is 6.90. The van der Waals surface area contributed by atoms with E-state index >= 15 is 0 Å². The van der Waals surface area contributed by atoms with Crippen LogP contribution in [-0.4, -0.2) is 17.8 Å². The highest BCUT2D eigenvalue weighted by atomic mass is 16.5. The average Bonchev–Trinajstić information content (AvgIpc) is 2.34. The number of hydrogen-bond acceptors (Lipinski definition) is 2. The van der Waals surface area contributed by atoms with E-state index in [1.54, 1.807) is 0 Å². The van der Waals surface area contributed by atoms with Crippen molar-refractivity contribution in [2.45, 2.75) is 52.1 Å². The second-order valence-corrected chi connectivity index (χ2v) is 4.69. The zero-order valence-electron chi connectivity index (χ0n) is 11.1. The van der Waals surface area contributed by atoms with Crippen molar-refractivity contribution in [3.8, 4) is 5.75 Å². The van der Waals surface area contributed by atoms with E-state index in [0.29, 0.717) is 12.5 Å². The fourth-order valence-electron chi connectivity index (χ4n) is 1.80. The van der Waals surface area contributed by atoms with Gasteiger partial charge in [0.1, 0.15) is 5.75 Å². The minimum Gasteiger partial charge on any atom is -0.493 e. The molecule has 0 aliphatic heterocycles. The Morgan fingerprint density at radius 1 is 1.24 bits per heavy atom. The van der Waals surface area contributed by atoms with Gasteiger partial charge in [-0.2, -0.15) is 0 Å². The molecule has 0 bridgehead atoms. The predicted molar refractivity (Wildman–Crippen MR) is 71.6 cm³/mol. The topological polar surface area (TPSA) is 29.5 Å². The zero-order valence-corrected chi connectivity index (χ0v) is 11.1. The highest BCUT2D eigenvalue weighted by Crippen LogP contribution is 2.28. The molecule has 17 heavy (non-hydrogen) atoms. The van der Waals surface area contributed by atoms with Gasteiger partial charge in [-0.15, -0.1) is 0 Å². The van der Waals surface area contributed by atoms with E-state index in [9.17, 15) is 5.11 Å². The molecule has 0 aliphatic rings. The fraction of sp³-hybridized carbons (Fsp3) is 0.600. The lowest BCUT2D eigenvalue weighted by Gasteiger charge is -2.15. The lowest BCUT2D eigenvalue weighted by Crippen LogP contribution is -2.06. The summed E-state index contributed by atoms with van der Waals surface area (Å²) in [4.78, 5) is 0. The Labute approximate surface area is 105 Å². The molecule has 0 saturated heterocycles. The Morgan fingerprint density at radius 2 is 1.94 bits per heavy atom. The van der Waals surface area contributed by atoms with Crippen LogP contribution >= 0.6 is 0 Å². The molecule has 1 N–H and O–H groups in total. The number of para-hydroxylation sites is 1. The van der Waals surface area contributed by atoms with Crippen LogP contribution in [0.15, 0.2) is 24.3 Å². The molecular weight excluding hydrogens is 212 g/mol. The van der Waals surface area contributed by atoms with Crippen LogP contribution in [0.4, 0.5) is 0 Å². The molecule has 96 valence electrons. The van der Waals surface area contributed by atoms with Gasteiger partial charge in [-0.1, -0.05) is 32.0 Å². The fourth-order valence-corrected chi connectivity index (χ4v) is 1.80. The maximum atomic E-state index is 9.17. The van der Waals surface area contributed by atoms with Crippen molar-refractivity contribution in [2.24, 2.45) is 0 Å². The molecule has 1 aromatic rings. The first-order chi connectivity index (χ1) is 8.15. The maximum Gasteiger partial charge on any atom is 0.122 e. The van der Waals surface area contributed by atoms with Crippen LogP contribution in [0.5, 0.6) is 5.75 Å². The highest BCUT2D eigenvalue weighted by molar-refractivity contribution is 5.35. The van der Waals surface area contributed by atoms with Crippen LogP contribution in [0.3, 0.4) is 0 Å². The summed E-state index contributed by atoms with van der Waals surface area (Å²) in [7, 11) is 0. The van der Waals surface area contributed by atoms with E-state index < -0.39 is 0 Å². The van der Waals surface area contributed by atoms with Crippen LogP contribution in [-0.2, 0) is 0 Å². The van der Waals surface area contributed by atoms with E-state index in [1.807, 2.05) is 19.1 Å². The molecule has 0 aromatic heterocycles. The van der Waals surface area contributed by atoms with Crippen LogP contribution in [0.1, 0.15) is 51.5 Å². The van der Waals surface area contributed by atoms with Gasteiger partial charge in [0, 0.05) is 0 Å². The van der Waals surface area contributed by atoms with Crippen molar-refractivity contribution in [1.82, 2.24) is 0 Å². The smallest absolute Gasteiger partial charge is 0.122 e. The maximum absolute atomic E-state index is 9.17. The Balaban J connectivity index is 2.52. The molecule has 0 spiro atoms. The Hall–Kier alpha value is -1.02. The van der Waals surface area contributed by atoms with Crippen LogP contribution in [0.25, 0.3) is 0 Å². The predicted octanol–water partition coefficient (Wildman–Crippen LogP) is 3.74. The first kappa shape index (κ1) is 14.0. The summed E-state index contributed by atoms with van der Waals surface area (Å²) in [5.74, 6) is 1.52. The largest absolute Gasteiger partial charge is 0.493 e. The molecule has 0 heterocycles. The molecular formula is C15H24O2. The van der Waals surface area contributed by atoms with Crippen molar-refractivity contribution < 1.29 is 9.84 Å². The molecule has 2 unspecified atom stereocenters. The molecule has 0 aliphatic carbocycles. The Bertz CT molecular complexity index is 320. The first-order valence-corrected chi connectivity index (χ1v) is 6.55. The van der Waals surface area contributed by atoms with Crippen molar-refractivity contribution >= 4 is 0 Å². The van der Waals surface area contributed by atoms with Crippen LogP contribution in [0.2, 0.25) is 0 Å². The van der Waals surface area contributed by atoms with Gasteiger partial charge in [-0.05, 0) is 43.7 Å². The third-order valence-electron chi connectivity index (χ3n) is 3.09. The number of aliphatic hydroxyl groups is 1. The van der Waals surface area contributed by atoms with Gasteiger partial charge in [0.25, 0.3) is 0 Å². The Morgan fingerprint density at radius 3 is 2.59 bits per heavy atom. The minimum absolute atomic E-state index is 0.233. The number of benzene rings is 1. The molecule has 1 aromatic carbocycles. The van der Waals surface area contributed by atoms with Crippen molar-refractivity contribution in [3.63, 3.8) is 0 Å². The van der Waals surface area contributed by atoms with Crippen LogP contribution < -0.4 is 4.74 Å². The monoisotopic (exact) mass is 236 g/mol. The SMILES string of the molecule is CCC(C)c1ccccc1OCCCC(C)O. The quantitative estimate of drug-likeness (QED) is 0.731. The number of aliphatic hydroxyl groups excluding tert-OH is 1. The summed E-state index contributed by atoms with van der Waals surface area (Å²) >= 11 is 0. The van der Waals surface area contributed by atoms with Gasteiger partial charge < -0.3 is 9.84 Å². The number of hydrogen-bond donors (Lipinski definition) is 1. The van der Waals surface area contributed by atoms with E-state index in [2.05, 4.69) is 26.0 Å². The summed E-state index contributed by atoms with van der Waals surface area (Å²) in [6, 6.07) is 8.24. The zero-order chi connectivity index (χ0) is 12.7. The molecule has 0 saturated carbocycles. The first-order valence-electron chi connectivity index (χ1n) is 6.55. The van der Waals surface area contributed by atoms with Crippen LogP contribution in [0, 0.1) is 0 Å². The third kappa shape index (κ3) is 4.78. The van der Waals surface area contributed by atoms with Gasteiger partial charge >= 0.3 is 0 Å². The number of rotatable bonds is 7. The summed E-state index contributed by atoms with van der Waals surface area (Å²) in [6.07, 6.45) is 2.58.